The Bertz CT molecular complexity index is 919. The highest BCUT2D eigenvalue weighted by atomic mass is 16.5. The molecule has 178 valence electrons. The first kappa shape index (κ1) is 24.0. The molecule has 1 unspecified atom stereocenters. The van der Waals surface area contributed by atoms with Crippen LogP contribution >= 0.6 is 0 Å². The number of morpholine rings is 1. The molecular weight excluding hydrogens is 414 g/mol. The molecule has 0 aromatic heterocycles. The fourth-order valence-electron chi connectivity index (χ4n) is 5.01. The van der Waals surface area contributed by atoms with Crippen molar-refractivity contribution in [2.75, 3.05) is 57.4 Å². The molecule has 1 aliphatic carbocycles. The van der Waals surface area contributed by atoms with E-state index in [0.29, 0.717) is 13.0 Å². The molecule has 1 aromatic rings. The van der Waals surface area contributed by atoms with E-state index in [-0.39, 0.29) is 6.10 Å². The summed E-state index contributed by atoms with van der Waals surface area (Å²) < 4.78 is 11.6. The number of aryl methyl sites for hydroxylation is 1. The second kappa shape index (κ2) is 10.8. The first-order valence-electron chi connectivity index (χ1n) is 12.2. The summed E-state index contributed by atoms with van der Waals surface area (Å²) in [6, 6.07) is 8.20. The van der Waals surface area contributed by atoms with Gasteiger partial charge >= 0.3 is 0 Å². The van der Waals surface area contributed by atoms with Gasteiger partial charge in [0.25, 0.3) is 0 Å². The van der Waals surface area contributed by atoms with Crippen molar-refractivity contribution in [1.82, 2.24) is 4.90 Å². The van der Waals surface area contributed by atoms with Gasteiger partial charge in [0.1, 0.15) is 0 Å². The van der Waals surface area contributed by atoms with Crippen LogP contribution in [0.2, 0.25) is 0 Å². The maximum absolute atomic E-state index is 11.1. The van der Waals surface area contributed by atoms with Crippen molar-refractivity contribution in [3.05, 3.63) is 52.6 Å². The molecule has 2 heterocycles. The molecule has 2 saturated heterocycles. The lowest BCUT2D eigenvalue weighted by Crippen LogP contribution is -2.45. The molecule has 6 nitrogen and oxygen atoms in total. The lowest BCUT2D eigenvalue weighted by molar-refractivity contribution is -0.0280. The van der Waals surface area contributed by atoms with Crippen molar-refractivity contribution in [2.45, 2.75) is 51.2 Å². The Kier molecular flexibility index (Phi) is 7.87. The molecule has 0 saturated carbocycles. The summed E-state index contributed by atoms with van der Waals surface area (Å²) in [4.78, 5) is 4.75. The van der Waals surface area contributed by atoms with Crippen LogP contribution in [0.5, 0.6) is 0 Å². The number of benzene rings is 1. The van der Waals surface area contributed by atoms with Crippen LogP contribution in [-0.4, -0.2) is 74.3 Å². The van der Waals surface area contributed by atoms with Crippen molar-refractivity contribution in [2.24, 2.45) is 0 Å². The van der Waals surface area contributed by atoms with Gasteiger partial charge in [-0.2, -0.15) is 5.26 Å². The number of ether oxygens (including phenoxy) is 2. The van der Waals surface area contributed by atoms with E-state index >= 15 is 0 Å². The fourth-order valence-corrected chi connectivity index (χ4v) is 5.01. The van der Waals surface area contributed by atoms with Crippen molar-refractivity contribution in [1.29, 1.82) is 5.26 Å². The molecule has 0 radical (unpaired) electrons. The van der Waals surface area contributed by atoms with E-state index in [4.69, 9.17) is 14.7 Å². The van der Waals surface area contributed by atoms with Crippen molar-refractivity contribution in [3.63, 3.8) is 0 Å². The van der Waals surface area contributed by atoms with Gasteiger partial charge in [0.15, 0.2) is 0 Å². The number of piperidine rings is 1. The minimum absolute atomic E-state index is 0.115. The van der Waals surface area contributed by atoms with E-state index < -0.39 is 5.60 Å². The molecule has 1 N–H and O–H groups in total. The number of nitriles is 1. The van der Waals surface area contributed by atoms with Gasteiger partial charge in [-0.25, -0.2) is 0 Å². The third-order valence-corrected chi connectivity index (χ3v) is 7.30. The van der Waals surface area contributed by atoms with Crippen molar-refractivity contribution < 1.29 is 14.6 Å². The van der Waals surface area contributed by atoms with Crippen molar-refractivity contribution >= 4 is 5.69 Å². The standard InChI is InChI=1S/C27H37N3O3/c1-21-18-25(5-4-24(21)19-28)30-10-7-27(31,8-11-30)9-14-33-26-6-3-23(17-22(26)2)20-29-12-15-32-16-13-29/h3-5,17-18,26,31H,6-16,20H2,1-2H3. The van der Waals surface area contributed by atoms with Crippen LogP contribution in [-0.2, 0) is 9.47 Å². The van der Waals surface area contributed by atoms with Crippen LogP contribution in [0.15, 0.2) is 41.5 Å². The maximum Gasteiger partial charge on any atom is 0.0994 e. The van der Waals surface area contributed by atoms with Gasteiger partial charge < -0.3 is 19.5 Å². The van der Waals surface area contributed by atoms with Gasteiger partial charge in [0, 0.05) is 38.4 Å². The molecular formula is C27H37N3O3. The third kappa shape index (κ3) is 6.24. The Morgan fingerprint density at radius 2 is 1.94 bits per heavy atom. The average Bonchev–Trinajstić information content (AvgIpc) is 2.81. The highest BCUT2D eigenvalue weighted by Gasteiger charge is 2.32. The van der Waals surface area contributed by atoms with Crippen LogP contribution in [0.3, 0.4) is 0 Å². The molecule has 33 heavy (non-hydrogen) atoms. The maximum atomic E-state index is 11.1. The summed E-state index contributed by atoms with van der Waals surface area (Å²) in [5.41, 5.74) is 4.84. The predicted octanol–water partition coefficient (Wildman–Crippen LogP) is 3.58. The molecule has 0 spiro atoms. The summed E-state index contributed by atoms with van der Waals surface area (Å²) in [6.45, 7) is 11.0. The van der Waals surface area contributed by atoms with E-state index in [1.165, 1.54) is 11.1 Å². The largest absolute Gasteiger partial charge is 0.390 e. The number of nitrogens with zero attached hydrogens (tertiary/aromatic N) is 3. The number of aliphatic hydroxyl groups is 1. The third-order valence-electron chi connectivity index (χ3n) is 7.30. The number of anilines is 1. The van der Waals surface area contributed by atoms with Crippen LogP contribution in [0.25, 0.3) is 0 Å². The Hall–Kier alpha value is -2.17. The Morgan fingerprint density at radius 1 is 1.18 bits per heavy atom. The van der Waals surface area contributed by atoms with E-state index in [9.17, 15) is 5.11 Å². The molecule has 3 aliphatic rings. The highest BCUT2D eigenvalue weighted by Crippen LogP contribution is 2.30. The van der Waals surface area contributed by atoms with Crippen LogP contribution in [0, 0.1) is 18.3 Å². The average molecular weight is 452 g/mol. The Balaban J connectivity index is 1.20. The van der Waals surface area contributed by atoms with Crippen LogP contribution < -0.4 is 4.90 Å². The van der Waals surface area contributed by atoms with E-state index in [0.717, 1.165) is 82.0 Å². The van der Waals surface area contributed by atoms with Gasteiger partial charge in [0.05, 0.1) is 43.2 Å². The molecule has 0 amide bonds. The van der Waals surface area contributed by atoms with Gasteiger partial charge in [0.2, 0.25) is 0 Å². The molecule has 1 atom stereocenters. The van der Waals surface area contributed by atoms with E-state index in [2.05, 4.69) is 41.0 Å². The first-order valence-corrected chi connectivity index (χ1v) is 12.2. The zero-order chi connectivity index (χ0) is 23.3. The smallest absolute Gasteiger partial charge is 0.0994 e. The summed E-state index contributed by atoms with van der Waals surface area (Å²) in [5.74, 6) is 0. The molecule has 6 heteroatoms. The normalized spacial score (nSPS) is 23.6. The highest BCUT2D eigenvalue weighted by molar-refractivity contribution is 5.53. The van der Waals surface area contributed by atoms with Gasteiger partial charge in [-0.3, -0.25) is 4.90 Å². The summed E-state index contributed by atoms with van der Waals surface area (Å²) in [5, 5.41) is 20.2. The summed E-state index contributed by atoms with van der Waals surface area (Å²) in [7, 11) is 0. The van der Waals surface area contributed by atoms with E-state index in [1.54, 1.807) is 0 Å². The number of hydrogen-bond donors (Lipinski definition) is 1. The Morgan fingerprint density at radius 3 is 2.61 bits per heavy atom. The molecule has 1 aromatic carbocycles. The van der Waals surface area contributed by atoms with E-state index in [1.807, 2.05) is 19.1 Å². The van der Waals surface area contributed by atoms with Gasteiger partial charge in [-0.15, -0.1) is 0 Å². The monoisotopic (exact) mass is 451 g/mol. The van der Waals surface area contributed by atoms with Crippen molar-refractivity contribution in [3.8, 4) is 6.07 Å². The second-order valence-corrected chi connectivity index (χ2v) is 9.72. The molecule has 4 rings (SSSR count). The fraction of sp³-hybridized carbons (Fsp3) is 0.593. The summed E-state index contributed by atoms with van der Waals surface area (Å²) >= 11 is 0. The minimum atomic E-state index is -0.665. The topological polar surface area (TPSA) is 69.0 Å². The van der Waals surface area contributed by atoms with Crippen LogP contribution in [0.1, 0.15) is 43.7 Å². The second-order valence-electron chi connectivity index (χ2n) is 9.72. The lowest BCUT2D eigenvalue weighted by atomic mass is 9.88. The number of rotatable bonds is 7. The molecule has 2 fully saturated rings. The molecule has 2 aliphatic heterocycles. The Labute approximate surface area is 198 Å². The summed E-state index contributed by atoms with van der Waals surface area (Å²) in [6.07, 6.45) is 7.74. The minimum Gasteiger partial charge on any atom is -0.390 e. The quantitative estimate of drug-likeness (QED) is 0.683. The SMILES string of the molecule is CC1=CC(CN2CCOCC2)=CCC1OCCC1(O)CCN(c2ccc(C#N)c(C)c2)CC1. The molecule has 0 bridgehead atoms. The van der Waals surface area contributed by atoms with Gasteiger partial charge in [-0.1, -0.05) is 12.2 Å². The van der Waals surface area contributed by atoms with Gasteiger partial charge in [-0.05, 0) is 74.4 Å². The zero-order valence-corrected chi connectivity index (χ0v) is 20.1. The van der Waals surface area contributed by atoms with Crippen LogP contribution in [0.4, 0.5) is 5.69 Å². The predicted molar refractivity (Wildman–Crippen MR) is 130 cm³/mol. The number of hydrogen-bond acceptors (Lipinski definition) is 6. The zero-order valence-electron chi connectivity index (χ0n) is 20.1. The lowest BCUT2D eigenvalue weighted by Gasteiger charge is -2.39. The first-order chi connectivity index (χ1) is 16.0.